The molecule has 1 heterocycles. The van der Waals surface area contributed by atoms with Crippen LogP contribution < -0.4 is 5.32 Å². The maximum Gasteiger partial charge on any atom is 0.291 e. The van der Waals surface area contributed by atoms with Gasteiger partial charge in [-0.15, -0.1) is 0 Å². The molecule has 29 heavy (non-hydrogen) atoms. The number of nitrogens with zero attached hydrogens (tertiary/aromatic N) is 1. The van der Waals surface area contributed by atoms with Crippen LogP contribution in [0.5, 0.6) is 0 Å². The van der Waals surface area contributed by atoms with Gasteiger partial charge in [-0.25, -0.2) is 12.8 Å². The Morgan fingerprint density at radius 2 is 1.86 bits per heavy atom. The molecule has 1 amide bonds. The number of carbonyl (C=O) groups is 1. The summed E-state index contributed by atoms with van der Waals surface area (Å²) in [5.74, 6) is -1.10. The van der Waals surface area contributed by atoms with Gasteiger partial charge in [0, 0.05) is 29.7 Å². The molecule has 0 fully saturated rings. The quantitative estimate of drug-likeness (QED) is 0.598. The van der Waals surface area contributed by atoms with Gasteiger partial charge < -0.3 is 9.73 Å². The largest absolute Gasteiger partial charge is 0.451 e. The predicted molar refractivity (Wildman–Crippen MR) is 110 cm³/mol. The van der Waals surface area contributed by atoms with Crippen LogP contribution in [0.25, 0.3) is 11.0 Å². The number of nitrogens with one attached hydrogen (secondary N) is 1. The first-order valence-corrected chi connectivity index (χ1v) is 10.8. The summed E-state index contributed by atoms with van der Waals surface area (Å²) >= 11 is 5.74. The van der Waals surface area contributed by atoms with Gasteiger partial charge >= 0.3 is 0 Å². The molecule has 0 aliphatic heterocycles. The topological polar surface area (TPSA) is 79.6 Å². The monoisotopic (exact) mass is 438 g/mol. The Kier molecular flexibility index (Phi) is 5.97. The smallest absolute Gasteiger partial charge is 0.291 e. The van der Waals surface area contributed by atoms with Gasteiger partial charge in [-0.2, -0.15) is 4.31 Å². The van der Waals surface area contributed by atoms with Crippen LogP contribution in [-0.4, -0.2) is 31.7 Å². The van der Waals surface area contributed by atoms with Crippen molar-refractivity contribution in [2.75, 3.05) is 18.4 Å². The predicted octanol–water partition coefficient (Wildman–Crippen LogP) is 4.82. The lowest BCUT2D eigenvalue weighted by Gasteiger charge is -2.18. The second kappa shape index (κ2) is 8.14. The molecule has 1 aromatic heterocycles. The third kappa shape index (κ3) is 4.01. The maximum atomic E-state index is 13.3. The van der Waals surface area contributed by atoms with Crippen LogP contribution >= 0.6 is 11.6 Å². The van der Waals surface area contributed by atoms with Crippen LogP contribution in [0.3, 0.4) is 0 Å². The summed E-state index contributed by atoms with van der Waals surface area (Å²) in [6.45, 7) is 5.93. The number of rotatable bonds is 6. The number of sulfonamides is 1. The zero-order valence-electron chi connectivity index (χ0n) is 16.1. The van der Waals surface area contributed by atoms with E-state index in [1.807, 2.05) is 0 Å². The van der Waals surface area contributed by atoms with Crippen LogP contribution in [0.2, 0.25) is 5.02 Å². The molecule has 0 aliphatic rings. The average molecular weight is 439 g/mol. The molecule has 1 N–H and O–H groups in total. The number of fused-ring (bicyclic) bond motifs is 1. The number of hydrogen-bond acceptors (Lipinski definition) is 4. The van der Waals surface area contributed by atoms with Gasteiger partial charge in [0.2, 0.25) is 10.0 Å². The first-order chi connectivity index (χ1) is 13.7. The first-order valence-electron chi connectivity index (χ1n) is 8.98. The second-order valence-corrected chi connectivity index (χ2v) is 8.73. The number of aryl methyl sites for hydroxylation is 1. The number of carbonyl (C=O) groups excluding carboxylic acids is 1. The zero-order chi connectivity index (χ0) is 21.3. The molecule has 0 saturated heterocycles. The molecule has 0 radical (unpaired) electrons. The normalized spacial score (nSPS) is 11.9. The highest BCUT2D eigenvalue weighted by Gasteiger charge is 2.24. The summed E-state index contributed by atoms with van der Waals surface area (Å²) in [4.78, 5) is 12.7. The van der Waals surface area contributed by atoms with Crippen LogP contribution in [0.1, 0.15) is 30.0 Å². The number of amides is 1. The molecule has 0 bridgehead atoms. The molecule has 9 heteroatoms. The fourth-order valence-corrected chi connectivity index (χ4v) is 4.72. The number of benzene rings is 2. The molecule has 3 aromatic rings. The van der Waals surface area contributed by atoms with Gasteiger partial charge in [-0.3, -0.25) is 4.79 Å². The number of furan rings is 1. The lowest BCUT2D eigenvalue weighted by Crippen LogP contribution is -2.30. The summed E-state index contributed by atoms with van der Waals surface area (Å²) in [6, 6.07) is 8.32. The highest BCUT2D eigenvalue weighted by Crippen LogP contribution is 2.29. The zero-order valence-corrected chi connectivity index (χ0v) is 17.7. The van der Waals surface area contributed by atoms with E-state index in [0.717, 1.165) is 6.07 Å². The van der Waals surface area contributed by atoms with Crippen molar-refractivity contribution in [1.82, 2.24) is 4.31 Å². The van der Waals surface area contributed by atoms with E-state index < -0.39 is 21.7 Å². The Morgan fingerprint density at radius 3 is 2.48 bits per heavy atom. The van der Waals surface area contributed by atoms with Crippen molar-refractivity contribution >= 4 is 44.2 Å². The molecular weight excluding hydrogens is 419 g/mol. The third-order valence-corrected chi connectivity index (χ3v) is 6.97. The lowest BCUT2D eigenvalue weighted by molar-refractivity contribution is 0.0998. The summed E-state index contributed by atoms with van der Waals surface area (Å²) in [5.41, 5.74) is 1.21. The van der Waals surface area contributed by atoms with Crippen molar-refractivity contribution in [3.63, 3.8) is 0 Å². The number of anilines is 1. The van der Waals surface area contributed by atoms with E-state index in [1.54, 1.807) is 20.8 Å². The summed E-state index contributed by atoms with van der Waals surface area (Å²) in [6.07, 6.45) is 0. The Balaban J connectivity index is 1.97. The first kappa shape index (κ1) is 21.3. The van der Waals surface area contributed by atoms with E-state index in [1.165, 1.54) is 34.6 Å². The average Bonchev–Trinajstić information content (AvgIpc) is 3.02. The van der Waals surface area contributed by atoms with E-state index >= 15 is 0 Å². The molecule has 0 spiro atoms. The fraction of sp³-hybridized carbons (Fsp3) is 0.250. The van der Waals surface area contributed by atoms with E-state index in [9.17, 15) is 17.6 Å². The van der Waals surface area contributed by atoms with E-state index in [0.29, 0.717) is 35.3 Å². The minimum Gasteiger partial charge on any atom is -0.451 e. The Bertz CT molecular complexity index is 1190. The van der Waals surface area contributed by atoms with Gasteiger partial charge in [0.05, 0.1) is 9.92 Å². The third-order valence-electron chi connectivity index (χ3n) is 4.63. The summed E-state index contributed by atoms with van der Waals surface area (Å²) in [5, 5.41) is 3.01. The highest BCUT2D eigenvalue weighted by atomic mass is 35.5. The molecule has 6 nitrogen and oxygen atoms in total. The van der Waals surface area contributed by atoms with Crippen LogP contribution in [-0.2, 0) is 10.0 Å². The minimum atomic E-state index is -3.64. The lowest BCUT2D eigenvalue weighted by atomic mass is 10.1. The molecule has 0 saturated carbocycles. The van der Waals surface area contributed by atoms with Crippen molar-refractivity contribution in [2.45, 2.75) is 25.7 Å². The van der Waals surface area contributed by atoms with Gasteiger partial charge in [0.1, 0.15) is 11.4 Å². The van der Waals surface area contributed by atoms with Crippen molar-refractivity contribution < 1.29 is 22.0 Å². The van der Waals surface area contributed by atoms with Gasteiger partial charge in [-0.05, 0) is 43.3 Å². The van der Waals surface area contributed by atoms with Crippen LogP contribution in [0, 0.1) is 12.7 Å². The SMILES string of the molecule is CCN(CC)S(=O)(=O)c1ccc2oc(C(=O)Nc3ccc(F)c(Cl)c3)c(C)c2c1. The Hall–Kier alpha value is -2.42. The standard InChI is InChI=1S/C20H20ClFN2O4S/c1-4-24(5-2)29(26,27)14-7-9-18-15(11-14)12(3)19(28-18)20(25)23-13-6-8-17(22)16(21)10-13/h6-11H,4-5H2,1-3H3,(H,23,25). The number of hydrogen-bond donors (Lipinski definition) is 1. The molecule has 2 aromatic carbocycles. The van der Waals surface area contributed by atoms with Crippen LogP contribution in [0.4, 0.5) is 10.1 Å². The fourth-order valence-electron chi connectivity index (χ4n) is 3.05. The molecule has 0 atom stereocenters. The molecular formula is C20H20ClFN2O4S. The number of halogens is 2. The van der Waals surface area contributed by atoms with Crippen molar-refractivity contribution in [3.8, 4) is 0 Å². The minimum absolute atomic E-state index is 0.0397. The Labute approximate surface area is 173 Å². The van der Waals surface area contributed by atoms with Gasteiger partial charge in [0.25, 0.3) is 5.91 Å². The maximum absolute atomic E-state index is 13.3. The van der Waals surface area contributed by atoms with Gasteiger partial charge in [0.15, 0.2) is 5.76 Å². The summed E-state index contributed by atoms with van der Waals surface area (Å²) < 4.78 is 45.8. The summed E-state index contributed by atoms with van der Waals surface area (Å²) in [7, 11) is -3.64. The van der Waals surface area contributed by atoms with Gasteiger partial charge in [-0.1, -0.05) is 25.4 Å². The molecule has 3 rings (SSSR count). The molecule has 154 valence electrons. The van der Waals surface area contributed by atoms with E-state index in [4.69, 9.17) is 16.0 Å². The molecule has 0 unspecified atom stereocenters. The highest BCUT2D eigenvalue weighted by molar-refractivity contribution is 7.89. The van der Waals surface area contributed by atoms with Crippen molar-refractivity contribution in [2.24, 2.45) is 0 Å². The molecule has 0 aliphatic carbocycles. The second-order valence-electron chi connectivity index (χ2n) is 6.39. The van der Waals surface area contributed by atoms with E-state index in [-0.39, 0.29) is 15.7 Å². The van der Waals surface area contributed by atoms with Crippen LogP contribution in [0.15, 0.2) is 45.7 Å². The Morgan fingerprint density at radius 1 is 1.17 bits per heavy atom. The van der Waals surface area contributed by atoms with Crippen molar-refractivity contribution in [1.29, 1.82) is 0 Å². The van der Waals surface area contributed by atoms with Crippen molar-refractivity contribution in [3.05, 3.63) is 58.6 Å². The van der Waals surface area contributed by atoms with E-state index in [2.05, 4.69) is 5.32 Å².